The Morgan fingerprint density at radius 2 is 2.03 bits per heavy atom. The molecule has 8 nitrogen and oxygen atoms in total. The predicted octanol–water partition coefficient (Wildman–Crippen LogP) is 1.83. The second kappa shape index (κ2) is 8.42. The van der Waals surface area contributed by atoms with Crippen LogP contribution in [0.5, 0.6) is 0 Å². The maximum Gasteiger partial charge on any atom is 0.273 e. The summed E-state index contributed by atoms with van der Waals surface area (Å²) in [4.78, 5) is 27.8. The van der Waals surface area contributed by atoms with E-state index in [2.05, 4.69) is 20.3 Å². The van der Waals surface area contributed by atoms with Gasteiger partial charge in [0, 0.05) is 6.42 Å². The molecule has 0 radical (unpaired) electrons. The lowest BCUT2D eigenvalue weighted by Gasteiger charge is -2.26. The van der Waals surface area contributed by atoms with Crippen molar-refractivity contribution in [3.63, 3.8) is 0 Å². The number of aliphatic imine (C=N–C) groups is 1. The number of carbonyl (C=O) groups excluding carboxylic acids is 1. The van der Waals surface area contributed by atoms with Gasteiger partial charge in [-0.05, 0) is 43.0 Å². The van der Waals surface area contributed by atoms with Crippen molar-refractivity contribution in [3.05, 3.63) is 52.7 Å². The zero-order valence-corrected chi connectivity index (χ0v) is 18.1. The molecule has 0 bridgehead atoms. The minimum atomic E-state index is -1.23. The molecule has 1 amide bonds. The summed E-state index contributed by atoms with van der Waals surface area (Å²) in [5, 5.41) is 23.2. The quantitative estimate of drug-likeness (QED) is 0.646. The van der Waals surface area contributed by atoms with Crippen molar-refractivity contribution >= 4 is 17.4 Å². The first-order valence-electron chi connectivity index (χ1n) is 11.1. The fraction of sp³-hybridized carbons (Fsp3) is 0.478. The third-order valence-corrected chi connectivity index (χ3v) is 6.61. The maximum absolute atomic E-state index is 14.5. The molecule has 1 aliphatic carbocycles. The Kier molecular flexibility index (Phi) is 5.57. The van der Waals surface area contributed by atoms with Crippen LogP contribution in [0.25, 0.3) is 0 Å². The van der Waals surface area contributed by atoms with Gasteiger partial charge < -0.3 is 20.4 Å². The molecule has 5 atom stereocenters. The highest BCUT2D eigenvalue weighted by Gasteiger charge is 2.41. The van der Waals surface area contributed by atoms with Crippen LogP contribution in [-0.4, -0.2) is 67.7 Å². The van der Waals surface area contributed by atoms with Crippen LogP contribution in [0.3, 0.4) is 0 Å². The number of aliphatic hydroxyl groups excluding tert-OH is 2. The number of fused-ring (bicyclic) bond motifs is 1. The van der Waals surface area contributed by atoms with Crippen LogP contribution in [0, 0.1) is 12.7 Å². The normalized spacial score (nSPS) is 28.7. The fourth-order valence-corrected chi connectivity index (χ4v) is 5.02. The van der Waals surface area contributed by atoms with Gasteiger partial charge in [0.1, 0.15) is 29.8 Å². The summed E-state index contributed by atoms with van der Waals surface area (Å²) in [5.41, 5.74) is 2.34. The Hall–Kier alpha value is -2.98. The number of rotatable bonds is 4. The molecule has 2 fully saturated rings. The number of carbonyl (C=O) groups is 1. The van der Waals surface area contributed by atoms with Crippen LogP contribution in [0.1, 0.15) is 47.7 Å². The first-order valence-corrected chi connectivity index (χ1v) is 11.1. The lowest BCUT2D eigenvalue weighted by molar-refractivity contribution is -0.125. The summed E-state index contributed by atoms with van der Waals surface area (Å²) >= 11 is 0. The number of aliphatic hydroxyl groups is 2. The SMILES string of the molecule is Cc1cc(F)cc([C@H]2C[C@H](F)CN2C(=O)C2=NCc3ncnc(N[C@@H]4CC[C@@H](O)[C@H]4O)c32)c1. The molecule has 3 N–H and O–H groups in total. The van der Waals surface area contributed by atoms with Crippen LogP contribution in [0.15, 0.2) is 29.5 Å². The van der Waals surface area contributed by atoms with Gasteiger partial charge in [-0.15, -0.1) is 0 Å². The summed E-state index contributed by atoms with van der Waals surface area (Å²) < 4.78 is 28.5. The van der Waals surface area contributed by atoms with E-state index in [0.29, 0.717) is 41.0 Å². The number of anilines is 1. The largest absolute Gasteiger partial charge is 0.390 e. The Labute approximate surface area is 189 Å². The number of amides is 1. The molecule has 2 aliphatic heterocycles. The number of benzene rings is 1. The summed E-state index contributed by atoms with van der Waals surface area (Å²) in [6.07, 6.45) is -0.591. The van der Waals surface area contributed by atoms with Crippen LogP contribution in [0.2, 0.25) is 0 Å². The first kappa shape index (κ1) is 21.8. The van der Waals surface area contributed by atoms with E-state index in [-0.39, 0.29) is 25.2 Å². The molecule has 33 heavy (non-hydrogen) atoms. The average molecular weight is 457 g/mol. The molecule has 0 unspecified atom stereocenters. The molecule has 0 spiro atoms. The molecule has 5 rings (SSSR count). The molecule has 1 aromatic carbocycles. The number of alkyl halides is 1. The Morgan fingerprint density at radius 1 is 1.21 bits per heavy atom. The average Bonchev–Trinajstić information content (AvgIpc) is 3.46. The molecular weight excluding hydrogens is 432 g/mol. The van der Waals surface area contributed by atoms with Crippen molar-refractivity contribution < 1.29 is 23.8 Å². The number of halogens is 2. The standard InChI is InChI=1S/C23H25F2N5O3/c1-11-4-12(6-13(24)5-11)17-7-14(25)9-30(17)23(33)20-19-16(8-26-20)27-10-28-22(19)29-15-2-3-18(31)21(15)32/h4-6,10,14-15,17-18,21,31-32H,2-3,7-9H2,1H3,(H,27,28,29)/t14-,15+,17+,18+,21-/m0/s1. The third-order valence-electron chi connectivity index (χ3n) is 6.61. The van der Waals surface area contributed by atoms with E-state index >= 15 is 0 Å². The van der Waals surface area contributed by atoms with Crippen molar-refractivity contribution in [2.45, 2.75) is 63.2 Å². The Bertz CT molecular complexity index is 1110. The lowest BCUT2D eigenvalue weighted by atomic mass is 10.0. The zero-order chi connectivity index (χ0) is 23.3. The molecular formula is C23H25F2N5O3. The minimum Gasteiger partial charge on any atom is -0.390 e. The van der Waals surface area contributed by atoms with Crippen LogP contribution in [-0.2, 0) is 11.3 Å². The van der Waals surface area contributed by atoms with E-state index in [1.165, 1.54) is 23.4 Å². The second-order valence-electron chi connectivity index (χ2n) is 8.96. The van der Waals surface area contributed by atoms with Gasteiger partial charge in [-0.25, -0.2) is 18.7 Å². The summed E-state index contributed by atoms with van der Waals surface area (Å²) in [6, 6.07) is 3.45. The van der Waals surface area contributed by atoms with Gasteiger partial charge >= 0.3 is 0 Å². The smallest absolute Gasteiger partial charge is 0.273 e. The number of aromatic nitrogens is 2. The van der Waals surface area contributed by atoms with Gasteiger partial charge in [-0.2, -0.15) is 0 Å². The summed E-state index contributed by atoms with van der Waals surface area (Å²) in [7, 11) is 0. The van der Waals surface area contributed by atoms with Gasteiger partial charge in [0.15, 0.2) is 0 Å². The fourth-order valence-electron chi connectivity index (χ4n) is 5.02. The Morgan fingerprint density at radius 3 is 2.76 bits per heavy atom. The number of hydrogen-bond donors (Lipinski definition) is 3. The highest BCUT2D eigenvalue weighted by Crippen LogP contribution is 2.36. The van der Waals surface area contributed by atoms with Crippen LogP contribution < -0.4 is 5.32 Å². The summed E-state index contributed by atoms with van der Waals surface area (Å²) in [6.45, 7) is 1.82. The lowest BCUT2D eigenvalue weighted by Crippen LogP contribution is -2.38. The molecule has 1 saturated heterocycles. The molecule has 2 aromatic rings. The van der Waals surface area contributed by atoms with E-state index in [1.54, 1.807) is 13.0 Å². The Balaban J connectivity index is 1.45. The van der Waals surface area contributed by atoms with Gasteiger partial charge in [0.05, 0.1) is 48.6 Å². The number of aryl methyl sites for hydroxylation is 1. The van der Waals surface area contributed by atoms with Crippen LogP contribution >= 0.6 is 0 Å². The number of nitrogens with one attached hydrogen (secondary N) is 1. The number of nitrogens with zero attached hydrogens (tertiary/aromatic N) is 4. The van der Waals surface area contributed by atoms with Crippen molar-refractivity contribution in [2.75, 3.05) is 11.9 Å². The van der Waals surface area contributed by atoms with E-state index in [0.717, 1.165) is 0 Å². The molecule has 174 valence electrons. The highest BCUT2D eigenvalue weighted by atomic mass is 19.1. The molecule has 10 heteroatoms. The molecule has 3 heterocycles. The second-order valence-corrected chi connectivity index (χ2v) is 8.96. The van der Waals surface area contributed by atoms with Crippen LogP contribution in [0.4, 0.5) is 14.6 Å². The maximum atomic E-state index is 14.5. The monoisotopic (exact) mass is 457 g/mol. The van der Waals surface area contributed by atoms with E-state index in [1.807, 2.05) is 0 Å². The minimum absolute atomic E-state index is 0.0807. The van der Waals surface area contributed by atoms with E-state index in [9.17, 15) is 23.8 Å². The topological polar surface area (TPSA) is 111 Å². The van der Waals surface area contributed by atoms with E-state index in [4.69, 9.17) is 0 Å². The van der Waals surface area contributed by atoms with Gasteiger partial charge in [-0.3, -0.25) is 9.79 Å². The number of likely N-dealkylation sites (tertiary alicyclic amines) is 1. The van der Waals surface area contributed by atoms with Crippen molar-refractivity contribution in [2.24, 2.45) is 4.99 Å². The van der Waals surface area contributed by atoms with Crippen molar-refractivity contribution in [1.29, 1.82) is 0 Å². The predicted molar refractivity (Wildman–Crippen MR) is 116 cm³/mol. The molecule has 3 aliphatic rings. The van der Waals surface area contributed by atoms with Gasteiger partial charge in [0.25, 0.3) is 5.91 Å². The summed E-state index contributed by atoms with van der Waals surface area (Å²) in [5.74, 6) is -0.553. The van der Waals surface area contributed by atoms with Crippen molar-refractivity contribution in [3.8, 4) is 0 Å². The zero-order valence-electron chi connectivity index (χ0n) is 18.1. The third kappa shape index (κ3) is 3.97. The number of hydrogen-bond acceptors (Lipinski definition) is 7. The van der Waals surface area contributed by atoms with E-state index < -0.39 is 42.2 Å². The highest BCUT2D eigenvalue weighted by molar-refractivity contribution is 6.47. The first-order chi connectivity index (χ1) is 15.8. The van der Waals surface area contributed by atoms with Gasteiger partial charge in [0.2, 0.25) is 0 Å². The molecule has 1 saturated carbocycles. The van der Waals surface area contributed by atoms with Crippen molar-refractivity contribution in [1.82, 2.24) is 14.9 Å². The molecule has 1 aromatic heterocycles. The van der Waals surface area contributed by atoms with Gasteiger partial charge in [-0.1, -0.05) is 6.07 Å².